The first-order valence-corrected chi connectivity index (χ1v) is 3.15. The average Bonchev–Trinajstić information content (AvgIpc) is 1.82. The molecule has 0 aliphatic carbocycles. The summed E-state index contributed by atoms with van der Waals surface area (Å²) in [6, 6.07) is 1.14. The van der Waals surface area contributed by atoms with Crippen molar-refractivity contribution in [2.24, 2.45) is 11.5 Å². The van der Waals surface area contributed by atoms with Crippen molar-refractivity contribution in [3.05, 3.63) is 0 Å². The summed E-state index contributed by atoms with van der Waals surface area (Å²) in [5.74, 6) is -2.06. The first-order chi connectivity index (χ1) is 5.46. The Morgan fingerprint density at radius 2 is 2.17 bits per heavy atom. The molecule has 5 N–H and O–H groups in total. The number of nitrogens with one attached hydrogen (secondary N) is 1. The molecule has 0 spiro atoms. The van der Waals surface area contributed by atoms with Gasteiger partial charge in [0.2, 0.25) is 5.91 Å². The van der Waals surface area contributed by atoms with Gasteiger partial charge in [0.1, 0.15) is 0 Å². The Morgan fingerprint density at radius 3 is 2.58 bits per heavy atom. The number of urea groups is 1. The Labute approximate surface area is 68.9 Å². The van der Waals surface area contributed by atoms with Crippen molar-refractivity contribution in [1.82, 2.24) is 10.2 Å². The molecular formula is C6H8N4O2. The minimum Gasteiger partial charge on any atom is -0.306 e. The van der Waals surface area contributed by atoms with E-state index in [9.17, 15) is 9.59 Å². The lowest BCUT2D eigenvalue weighted by molar-refractivity contribution is -0.128. The lowest BCUT2D eigenvalue weighted by atomic mass is 10.2. The normalized spacial score (nSPS) is 21.6. The van der Waals surface area contributed by atoms with E-state index in [-0.39, 0.29) is 6.42 Å². The van der Waals surface area contributed by atoms with Crippen molar-refractivity contribution in [1.29, 1.82) is 0 Å². The van der Waals surface area contributed by atoms with Crippen LogP contribution in [-0.2, 0) is 4.79 Å². The summed E-state index contributed by atoms with van der Waals surface area (Å²) in [4.78, 5) is 22.6. The van der Waals surface area contributed by atoms with Gasteiger partial charge >= 0.3 is 6.03 Å². The van der Waals surface area contributed by atoms with E-state index in [0.29, 0.717) is 4.90 Å². The van der Waals surface area contributed by atoms with Crippen molar-refractivity contribution in [2.45, 2.75) is 12.2 Å². The van der Waals surface area contributed by atoms with Crippen molar-refractivity contribution in [2.75, 3.05) is 0 Å². The Hall–Kier alpha value is -1.58. The third-order valence-electron chi connectivity index (χ3n) is 1.36. The summed E-state index contributed by atoms with van der Waals surface area (Å²) in [6.07, 6.45) is 4.68. The van der Waals surface area contributed by atoms with E-state index in [1.807, 2.05) is 6.04 Å². The average molecular weight is 168 g/mol. The van der Waals surface area contributed by atoms with Crippen LogP contribution in [0.1, 0.15) is 6.42 Å². The largest absolute Gasteiger partial charge is 0.338 e. The van der Waals surface area contributed by atoms with Crippen LogP contribution in [0.2, 0.25) is 0 Å². The van der Waals surface area contributed by atoms with Crippen LogP contribution in [0.4, 0.5) is 4.79 Å². The maximum absolute atomic E-state index is 11.0. The molecule has 0 bridgehead atoms. The van der Waals surface area contributed by atoms with Gasteiger partial charge in [0.05, 0.1) is 6.42 Å². The third-order valence-corrected chi connectivity index (χ3v) is 1.36. The second kappa shape index (κ2) is 2.48. The monoisotopic (exact) mass is 168 g/mol. The predicted octanol–water partition coefficient (Wildman–Crippen LogP) is -1.91. The minimum atomic E-state index is -1.48. The van der Waals surface area contributed by atoms with Crippen LogP contribution in [0.25, 0.3) is 0 Å². The topological polar surface area (TPSA) is 101 Å². The lowest BCUT2D eigenvalue weighted by Gasteiger charge is -2.32. The van der Waals surface area contributed by atoms with Crippen LogP contribution < -0.4 is 16.8 Å². The van der Waals surface area contributed by atoms with Crippen LogP contribution in [0.3, 0.4) is 0 Å². The predicted molar refractivity (Wildman–Crippen MR) is 39.9 cm³/mol. The maximum Gasteiger partial charge on any atom is 0.338 e. The Bertz CT molecular complexity index is 258. The van der Waals surface area contributed by atoms with Crippen LogP contribution in [0.5, 0.6) is 0 Å². The second-order valence-corrected chi connectivity index (χ2v) is 2.51. The summed E-state index contributed by atoms with van der Waals surface area (Å²) in [5.41, 5.74) is 10.6. The quantitative estimate of drug-likeness (QED) is 0.290. The zero-order valence-electron chi connectivity index (χ0n) is 6.20. The van der Waals surface area contributed by atoms with Crippen LogP contribution in [0, 0.1) is 12.5 Å². The van der Waals surface area contributed by atoms with Gasteiger partial charge in [-0.1, -0.05) is 6.42 Å². The number of nitrogens with two attached hydrogens (primary N) is 2. The molecule has 1 aliphatic rings. The molecule has 64 valence electrons. The highest BCUT2D eigenvalue weighted by Crippen LogP contribution is 2.07. The fourth-order valence-corrected chi connectivity index (χ4v) is 0.872. The molecule has 6 nitrogen and oxygen atoms in total. The van der Waals surface area contributed by atoms with E-state index in [4.69, 9.17) is 17.9 Å². The van der Waals surface area contributed by atoms with Crippen LogP contribution in [0.15, 0.2) is 0 Å². The number of amides is 3. The van der Waals surface area contributed by atoms with E-state index in [2.05, 4.69) is 5.32 Å². The zero-order chi connectivity index (χ0) is 9.35. The molecule has 0 aromatic carbocycles. The van der Waals surface area contributed by atoms with Gasteiger partial charge < -0.3 is 5.32 Å². The number of hydrogen-bond donors (Lipinski definition) is 3. The molecule has 0 unspecified atom stereocenters. The Kier molecular flexibility index (Phi) is 1.76. The molecule has 1 saturated heterocycles. The summed E-state index contributed by atoms with van der Waals surface area (Å²) < 4.78 is 0. The molecule has 1 rings (SSSR count). The SMILES string of the molecule is C#CN1C(=O)CC(N)(N)NC1=O. The second-order valence-electron chi connectivity index (χ2n) is 2.51. The van der Waals surface area contributed by atoms with Crippen molar-refractivity contribution in [3.8, 4) is 12.5 Å². The van der Waals surface area contributed by atoms with E-state index >= 15 is 0 Å². The summed E-state index contributed by atoms with van der Waals surface area (Å²) >= 11 is 0. The number of hydrogen-bond acceptors (Lipinski definition) is 4. The lowest BCUT2D eigenvalue weighted by Crippen LogP contribution is -2.70. The highest BCUT2D eigenvalue weighted by molar-refractivity contribution is 5.99. The number of nitrogens with zero attached hydrogens (tertiary/aromatic N) is 1. The molecule has 1 heterocycles. The van der Waals surface area contributed by atoms with Gasteiger partial charge in [-0.05, 0) is 0 Å². The zero-order valence-corrected chi connectivity index (χ0v) is 6.20. The molecule has 1 aliphatic heterocycles. The summed E-state index contributed by atoms with van der Waals surface area (Å²) in [7, 11) is 0. The molecule has 0 saturated carbocycles. The molecule has 12 heavy (non-hydrogen) atoms. The van der Waals surface area contributed by atoms with E-state index < -0.39 is 17.7 Å². The van der Waals surface area contributed by atoms with Gasteiger partial charge in [0.15, 0.2) is 5.79 Å². The van der Waals surface area contributed by atoms with Gasteiger partial charge in [-0.3, -0.25) is 16.3 Å². The number of carbonyl (C=O) groups excluding carboxylic acids is 2. The molecule has 0 radical (unpaired) electrons. The van der Waals surface area contributed by atoms with Crippen LogP contribution >= 0.6 is 0 Å². The standard InChI is InChI=1S/C6H8N4O2/c1-2-10-4(11)3-6(7,8)9-5(10)12/h1H,3,7-8H2,(H,9,12). The van der Waals surface area contributed by atoms with Gasteiger partial charge in [0, 0.05) is 6.04 Å². The van der Waals surface area contributed by atoms with Crippen molar-refractivity contribution < 1.29 is 9.59 Å². The summed E-state index contributed by atoms with van der Waals surface area (Å²) in [6.45, 7) is 0. The first-order valence-electron chi connectivity index (χ1n) is 3.15. The minimum absolute atomic E-state index is 0.205. The molecule has 0 atom stereocenters. The van der Waals surface area contributed by atoms with Gasteiger partial charge in [0.25, 0.3) is 0 Å². The van der Waals surface area contributed by atoms with E-state index in [1.165, 1.54) is 0 Å². The smallest absolute Gasteiger partial charge is 0.306 e. The van der Waals surface area contributed by atoms with E-state index in [0.717, 1.165) is 0 Å². The number of terminal acetylenes is 1. The number of rotatable bonds is 0. The number of imide groups is 1. The molecular weight excluding hydrogens is 160 g/mol. The molecule has 0 aromatic heterocycles. The van der Waals surface area contributed by atoms with Gasteiger partial charge in [-0.15, -0.1) is 0 Å². The fraction of sp³-hybridized carbons (Fsp3) is 0.333. The summed E-state index contributed by atoms with van der Waals surface area (Å²) in [5, 5.41) is 2.17. The Morgan fingerprint density at radius 1 is 1.58 bits per heavy atom. The van der Waals surface area contributed by atoms with Crippen LogP contribution in [-0.4, -0.2) is 22.6 Å². The highest BCUT2D eigenvalue weighted by atomic mass is 16.2. The third kappa shape index (κ3) is 1.37. The number of carbonyl (C=O) groups is 2. The molecule has 6 heteroatoms. The van der Waals surface area contributed by atoms with Gasteiger partial charge in [-0.25, -0.2) is 4.79 Å². The fourth-order valence-electron chi connectivity index (χ4n) is 0.872. The molecule has 1 fully saturated rings. The van der Waals surface area contributed by atoms with Gasteiger partial charge in [-0.2, -0.15) is 4.90 Å². The Balaban J connectivity index is 2.86. The molecule has 0 aromatic rings. The maximum atomic E-state index is 11.0. The first kappa shape index (κ1) is 8.52. The van der Waals surface area contributed by atoms with Crippen molar-refractivity contribution >= 4 is 11.9 Å². The highest BCUT2D eigenvalue weighted by Gasteiger charge is 2.37. The van der Waals surface area contributed by atoms with E-state index in [1.54, 1.807) is 0 Å². The van der Waals surface area contributed by atoms with Crippen molar-refractivity contribution in [3.63, 3.8) is 0 Å². The molecule has 3 amide bonds.